The highest BCUT2D eigenvalue weighted by molar-refractivity contribution is 5.07. The third-order valence-corrected chi connectivity index (χ3v) is 3.87. The van der Waals surface area contributed by atoms with Crippen LogP contribution in [0, 0.1) is 0 Å². The zero-order valence-corrected chi connectivity index (χ0v) is 13.6. The highest BCUT2D eigenvalue weighted by Crippen LogP contribution is 2.18. The topological polar surface area (TPSA) is 31.6 Å². The summed E-state index contributed by atoms with van der Waals surface area (Å²) in [5.41, 5.74) is 0.126. The van der Waals surface area contributed by atoms with E-state index in [9.17, 15) is 0 Å². The van der Waals surface area contributed by atoms with E-state index < -0.39 is 0 Å². The number of hydrogen-bond donors (Lipinski definition) is 1. The van der Waals surface area contributed by atoms with E-state index in [0.717, 1.165) is 31.2 Å². The van der Waals surface area contributed by atoms with Crippen LogP contribution in [0.25, 0.3) is 0 Å². The lowest BCUT2D eigenvalue weighted by Crippen LogP contribution is -2.34. The second-order valence-electron chi connectivity index (χ2n) is 7.11. The standard InChI is InChI=1S/C16H29N3O/c1-16(2,3)17-10-14-6-7-15(20-14)12-19-9-8-13(11-19)18(4)5/h6-7,13,17H,8-12H2,1-5H3. The maximum atomic E-state index is 5.92. The summed E-state index contributed by atoms with van der Waals surface area (Å²) < 4.78 is 5.92. The van der Waals surface area contributed by atoms with Crippen molar-refractivity contribution in [1.82, 2.24) is 15.1 Å². The molecule has 1 N–H and O–H groups in total. The predicted octanol–water partition coefficient (Wildman–Crippen LogP) is 2.30. The molecule has 1 aliphatic heterocycles. The first-order chi connectivity index (χ1) is 9.33. The van der Waals surface area contributed by atoms with E-state index in [2.05, 4.69) is 62.1 Å². The molecule has 1 aliphatic rings. The quantitative estimate of drug-likeness (QED) is 0.896. The first-order valence-electron chi connectivity index (χ1n) is 7.55. The molecule has 1 aromatic rings. The van der Waals surface area contributed by atoms with Gasteiger partial charge >= 0.3 is 0 Å². The lowest BCUT2D eigenvalue weighted by Gasteiger charge is -2.20. The van der Waals surface area contributed by atoms with Crippen LogP contribution in [0.4, 0.5) is 0 Å². The van der Waals surface area contributed by atoms with Crippen molar-refractivity contribution in [3.63, 3.8) is 0 Å². The Kier molecular flexibility index (Phi) is 4.89. The Hall–Kier alpha value is -0.840. The molecule has 0 spiro atoms. The molecule has 4 heteroatoms. The Labute approximate surface area is 123 Å². The van der Waals surface area contributed by atoms with Gasteiger partial charge in [-0.15, -0.1) is 0 Å². The van der Waals surface area contributed by atoms with Gasteiger partial charge in [0, 0.05) is 24.7 Å². The van der Waals surface area contributed by atoms with Crippen LogP contribution in [0.1, 0.15) is 38.7 Å². The Bertz CT molecular complexity index is 420. The fourth-order valence-corrected chi connectivity index (χ4v) is 2.55. The van der Waals surface area contributed by atoms with Crippen molar-refractivity contribution in [2.45, 2.75) is 51.9 Å². The maximum absolute atomic E-state index is 5.92. The molecule has 20 heavy (non-hydrogen) atoms. The first kappa shape index (κ1) is 15.5. The van der Waals surface area contributed by atoms with Gasteiger partial charge in [-0.25, -0.2) is 0 Å². The minimum Gasteiger partial charge on any atom is -0.463 e. The number of furan rings is 1. The van der Waals surface area contributed by atoms with Crippen molar-refractivity contribution in [3.05, 3.63) is 23.7 Å². The number of likely N-dealkylation sites (tertiary alicyclic amines) is 1. The van der Waals surface area contributed by atoms with E-state index >= 15 is 0 Å². The minimum absolute atomic E-state index is 0.126. The van der Waals surface area contributed by atoms with Crippen LogP contribution >= 0.6 is 0 Å². The Balaban J connectivity index is 1.81. The van der Waals surface area contributed by atoms with Crippen LogP contribution in [-0.2, 0) is 13.1 Å². The molecule has 0 aliphatic carbocycles. The second kappa shape index (κ2) is 6.29. The molecular formula is C16H29N3O. The Morgan fingerprint density at radius 3 is 2.60 bits per heavy atom. The van der Waals surface area contributed by atoms with Crippen molar-refractivity contribution in [2.75, 3.05) is 27.2 Å². The fourth-order valence-electron chi connectivity index (χ4n) is 2.55. The summed E-state index contributed by atoms with van der Waals surface area (Å²) in [6.07, 6.45) is 1.26. The monoisotopic (exact) mass is 279 g/mol. The van der Waals surface area contributed by atoms with E-state index in [4.69, 9.17) is 4.42 Å². The Morgan fingerprint density at radius 1 is 1.30 bits per heavy atom. The molecular weight excluding hydrogens is 250 g/mol. The van der Waals surface area contributed by atoms with Gasteiger partial charge < -0.3 is 14.6 Å². The summed E-state index contributed by atoms with van der Waals surface area (Å²) in [5.74, 6) is 2.10. The van der Waals surface area contributed by atoms with E-state index in [0.29, 0.717) is 6.04 Å². The molecule has 0 aromatic carbocycles. The zero-order valence-electron chi connectivity index (χ0n) is 13.6. The molecule has 114 valence electrons. The number of hydrogen-bond acceptors (Lipinski definition) is 4. The van der Waals surface area contributed by atoms with Gasteiger partial charge in [0.05, 0.1) is 13.1 Å². The number of nitrogens with zero attached hydrogens (tertiary/aromatic N) is 2. The molecule has 2 rings (SSSR count). The fraction of sp³-hybridized carbons (Fsp3) is 0.750. The van der Waals surface area contributed by atoms with Crippen molar-refractivity contribution in [2.24, 2.45) is 0 Å². The summed E-state index contributed by atoms with van der Waals surface area (Å²) in [5, 5.41) is 3.45. The Morgan fingerprint density at radius 2 is 2.00 bits per heavy atom. The molecule has 0 amide bonds. The lowest BCUT2D eigenvalue weighted by atomic mass is 10.1. The maximum Gasteiger partial charge on any atom is 0.118 e. The van der Waals surface area contributed by atoms with Crippen LogP contribution < -0.4 is 5.32 Å². The first-order valence-corrected chi connectivity index (χ1v) is 7.55. The molecule has 1 aromatic heterocycles. The molecule has 1 unspecified atom stereocenters. The molecule has 1 atom stereocenters. The average Bonchev–Trinajstić information content (AvgIpc) is 2.95. The predicted molar refractivity (Wildman–Crippen MR) is 82.7 cm³/mol. The van der Waals surface area contributed by atoms with E-state index in [1.807, 2.05) is 0 Å². The molecule has 2 heterocycles. The van der Waals surface area contributed by atoms with Gasteiger partial charge in [0.15, 0.2) is 0 Å². The van der Waals surface area contributed by atoms with Crippen molar-refractivity contribution < 1.29 is 4.42 Å². The van der Waals surface area contributed by atoms with Gasteiger partial charge in [0.2, 0.25) is 0 Å². The SMILES string of the molecule is CN(C)C1CCN(Cc2ccc(CNC(C)(C)C)o2)C1. The molecule has 4 nitrogen and oxygen atoms in total. The summed E-state index contributed by atoms with van der Waals surface area (Å²) >= 11 is 0. The summed E-state index contributed by atoms with van der Waals surface area (Å²) in [6, 6.07) is 4.89. The van der Waals surface area contributed by atoms with Crippen molar-refractivity contribution in [1.29, 1.82) is 0 Å². The zero-order chi connectivity index (χ0) is 14.8. The van der Waals surface area contributed by atoms with Gasteiger partial charge in [0.1, 0.15) is 11.5 Å². The van der Waals surface area contributed by atoms with E-state index in [-0.39, 0.29) is 5.54 Å². The second-order valence-corrected chi connectivity index (χ2v) is 7.11. The summed E-state index contributed by atoms with van der Waals surface area (Å²) in [6.45, 7) is 10.5. The number of nitrogens with one attached hydrogen (secondary N) is 1. The van der Waals surface area contributed by atoms with Crippen LogP contribution in [-0.4, -0.2) is 48.6 Å². The molecule has 1 saturated heterocycles. The van der Waals surface area contributed by atoms with Gasteiger partial charge in [-0.1, -0.05) is 0 Å². The van der Waals surface area contributed by atoms with E-state index in [1.165, 1.54) is 13.0 Å². The highest BCUT2D eigenvalue weighted by atomic mass is 16.3. The molecule has 0 bridgehead atoms. The van der Waals surface area contributed by atoms with Crippen LogP contribution in [0.5, 0.6) is 0 Å². The van der Waals surface area contributed by atoms with Gasteiger partial charge in [-0.3, -0.25) is 4.90 Å². The smallest absolute Gasteiger partial charge is 0.118 e. The van der Waals surface area contributed by atoms with Gasteiger partial charge in [-0.2, -0.15) is 0 Å². The summed E-state index contributed by atoms with van der Waals surface area (Å²) in [4.78, 5) is 4.80. The van der Waals surface area contributed by atoms with Crippen LogP contribution in [0.3, 0.4) is 0 Å². The number of rotatable bonds is 5. The van der Waals surface area contributed by atoms with Crippen LogP contribution in [0.2, 0.25) is 0 Å². The largest absolute Gasteiger partial charge is 0.463 e. The summed E-state index contributed by atoms with van der Waals surface area (Å²) in [7, 11) is 4.33. The third-order valence-electron chi connectivity index (χ3n) is 3.87. The van der Waals surface area contributed by atoms with Crippen molar-refractivity contribution in [3.8, 4) is 0 Å². The lowest BCUT2D eigenvalue weighted by molar-refractivity contribution is 0.249. The van der Waals surface area contributed by atoms with Gasteiger partial charge in [0.25, 0.3) is 0 Å². The van der Waals surface area contributed by atoms with E-state index in [1.54, 1.807) is 0 Å². The average molecular weight is 279 g/mol. The highest BCUT2D eigenvalue weighted by Gasteiger charge is 2.24. The van der Waals surface area contributed by atoms with Crippen molar-refractivity contribution >= 4 is 0 Å². The minimum atomic E-state index is 0.126. The normalized spacial score (nSPS) is 21.0. The van der Waals surface area contributed by atoms with Crippen LogP contribution in [0.15, 0.2) is 16.5 Å². The molecule has 1 fully saturated rings. The van der Waals surface area contributed by atoms with Gasteiger partial charge in [-0.05, 0) is 53.4 Å². The third kappa shape index (κ3) is 4.62. The molecule has 0 saturated carbocycles. The number of likely N-dealkylation sites (N-methyl/N-ethyl adjacent to an activating group) is 1. The molecule has 0 radical (unpaired) electrons.